The fraction of sp³-hybridized carbons (Fsp3) is 0.211. The zero-order valence-corrected chi connectivity index (χ0v) is 15.7. The first-order valence-electron chi connectivity index (χ1n) is 8.12. The molecule has 1 saturated heterocycles. The lowest BCUT2D eigenvalue weighted by Gasteiger charge is -2.19. The van der Waals surface area contributed by atoms with E-state index in [-0.39, 0.29) is 18.2 Å². The molecule has 0 saturated carbocycles. The molecule has 0 bridgehead atoms. The first-order valence-corrected chi connectivity index (χ1v) is 8.91. The van der Waals surface area contributed by atoms with Crippen molar-refractivity contribution in [2.75, 3.05) is 16.8 Å². The Morgan fingerprint density at radius 3 is 2.50 bits per heavy atom. The number of aryl methyl sites for hydroxylation is 1. The standard InChI is InChI=1S/C19H18BrN3O3/c1-11-8-14(20)4-7-16(11)23-10-13(9-17(23)24)19(26)22-15-5-2-12(3-6-15)18(21)25/h2-8,13H,9-10H2,1H3,(H2,21,25)(H,22,26). The maximum Gasteiger partial charge on any atom is 0.248 e. The van der Waals surface area contributed by atoms with Gasteiger partial charge in [0, 0.05) is 34.4 Å². The molecule has 0 aliphatic carbocycles. The summed E-state index contributed by atoms with van der Waals surface area (Å²) in [7, 11) is 0. The van der Waals surface area contributed by atoms with Crippen molar-refractivity contribution in [3.05, 3.63) is 58.1 Å². The average Bonchev–Trinajstić information content (AvgIpc) is 2.97. The molecule has 1 aliphatic rings. The van der Waals surface area contributed by atoms with Gasteiger partial charge >= 0.3 is 0 Å². The van der Waals surface area contributed by atoms with Crippen molar-refractivity contribution in [2.45, 2.75) is 13.3 Å². The van der Waals surface area contributed by atoms with Crippen LogP contribution in [0.5, 0.6) is 0 Å². The van der Waals surface area contributed by atoms with Crippen LogP contribution in [0.2, 0.25) is 0 Å². The lowest BCUT2D eigenvalue weighted by atomic mass is 10.1. The van der Waals surface area contributed by atoms with E-state index in [1.165, 1.54) is 0 Å². The second kappa shape index (κ2) is 7.29. The summed E-state index contributed by atoms with van der Waals surface area (Å²) in [5.41, 5.74) is 7.92. The molecule has 26 heavy (non-hydrogen) atoms. The highest BCUT2D eigenvalue weighted by molar-refractivity contribution is 9.10. The van der Waals surface area contributed by atoms with Crippen LogP contribution in [0.1, 0.15) is 22.3 Å². The van der Waals surface area contributed by atoms with E-state index < -0.39 is 11.8 Å². The first kappa shape index (κ1) is 18.1. The number of rotatable bonds is 4. The summed E-state index contributed by atoms with van der Waals surface area (Å²) >= 11 is 3.41. The van der Waals surface area contributed by atoms with Gasteiger partial charge in [0.05, 0.1) is 5.92 Å². The maximum atomic E-state index is 12.5. The van der Waals surface area contributed by atoms with Gasteiger partial charge in [0.2, 0.25) is 17.7 Å². The van der Waals surface area contributed by atoms with Gasteiger partial charge in [-0.15, -0.1) is 0 Å². The van der Waals surface area contributed by atoms with E-state index in [0.717, 1.165) is 15.7 Å². The molecule has 1 unspecified atom stereocenters. The number of nitrogens with two attached hydrogens (primary N) is 1. The summed E-state index contributed by atoms with van der Waals surface area (Å²) in [6.07, 6.45) is 0.167. The van der Waals surface area contributed by atoms with Crippen LogP contribution in [0.15, 0.2) is 46.9 Å². The molecular formula is C19H18BrN3O3. The predicted octanol–water partition coefficient (Wildman–Crippen LogP) is 2.85. The monoisotopic (exact) mass is 415 g/mol. The Kier molecular flexibility index (Phi) is 5.08. The number of anilines is 2. The SMILES string of the molecule is Cc1cc(Br)ccc1N1CC(C(=O)Nc2ccc(C(N)=O)cc2)CC1=O. The number of benzene rings is 2. The second-order valence-electron chi connectivity index (χ2n) is 6.27. The first-order chi connectivity index (χ1) is 12.3. The Morgan fingerprint density at radius 1 is 1.19 bits per heavy atom. The Labute approximate surface area is 159 Å². The molecule has 1 aliphatic heterocycles. The Hall–Kier alpha value is -2.67. The minimum atomic E-state index is -0.523. The molecule has 0 radical (unpaired) electrons. The van der Waals surface area contributed by atoms with Crippen LogP contribution in [0.25, 0.3) is 0 Å². The van der Waals surface area contributed by atoms with Crippen LogP contribution in [-0.2, 0) is 9.59 Å². The van der Waals surface area contributed by atoms with Gasteiger partial charge in [-0.1, -0.05) is 15.9 Å². The molecule has 7 heteroatoms. The van der Waals surface area contributed by atoms with Crippen molar-refractivity contribution >= 4 is 45.0 Å². The Bertz CT molecular complexity index is 880. The minimum Gasteiger partial charge on any atom is -0.366 e. The van der Waals surface area contributed by atoms with E-state index >= 15 is 0 Å². The lowest BCUT2D eigenvalue weighted by molar-refractivity contribution is -0.122. The van der Waals surface area contributed by atoms with Gasteiger partial charge in [-0.2, -0.15) is 0 Å². The number of nitrogens with one attached hydrogen (secondary N) is 1. The van der Waals surface area contributed by atoms with Crippen LogP contribution < -0.4 is 16.0 Å². The summed E-state index contributed by atoms with van der Waals surface area (Å²) in [6, 6.07) is 12.0. The Morgan fingerprint density at radius 2 is 1.88 bits per heavy atom. The average molecular weight is 416 g/mol. The van der Waals surface area contributed by atoms with Gasteiger partial charge in [-0.05, 0) is 55.0 Å². The number of amides is 3. The third-order valence-corrected chi connectivity index (χ3v) is 4.88. The van der Waals surface area contributed by atoms with E-state index in [1.54, 1.807) is 29.2 Å². The molecule has 0 spiro atoms. The summed E-state index contributed by atoms with van der Waals surface area (Å²) in [6.45, 7) is 2.27. The number of hydrogen-bond donors (Lipinski definition) is 2. The van der Waals surface area contributed by atoms with Crippen molar-refractivity contribution in [3.8, 4) is 0 Å². The number of carbonyl (C=O) groups is 3. The lowest BCUT2D eigenvalue weighted by Crippen LogP contribution is -2.28. The van der Waals surface area contributed by atoms with Gasteiger partial charge < -0.3 is 16.0 Å². The van der Waals surface area contributed by atoms with E-state index in [9.17, 15) is 14.4 Å². The summed E-state index contributed by atoms with van der Waals surface area (Å²) < 4.78 is 0.944. The third kappa shape index (κ3) is 3.77. The fourth-order valence-electron chi connectivity index (χ4n) is 3.00. The highest BCUT2D eigenvalue weighted by atomic mass is 79.9. The number of halogens is 1. The van der Waals surface area contributed by atoms with Crippen LogP contribution in [0.4, 0.5) is 11.4 Å². The largest absolute Gasteiger partial charge is 0.366 e. The number of carbonyl (C=O) groups excluding carboxylic acids is 3. The number of primary amides is 1. The van der Waals surface area contributed by atoms with Gasteiger partial charge in [0.15, 0.2) is 0 Å². The smallest absolute Gasteiger partial charge is 0.248 e. The van der Waals surface area contributed by atoms with Gasteiger partial charge in [0.1, 0.15) is 0 Å². The van der Waals surface area contributed by atoms with Gasteiger partial charge in [-0.3, -0.25) is 14.4 Å². The van der Waals surface area contributed by atoms with Crippen molar-refractivity contribution in [1.29, 1.82) is 0 Å². The van der Waals surface area contributed by atoms with Crippen LogP contribution in [-0.4, -0.2) is 24.3 Å². The normalized spacial score (nSPS) is 16.6. The minimum absolute atomic E-state index is 0.0698. The van der Waals surface area contributed by atoms with Crippen molar-refractivity contribution in [1.82, 2.24) is 0 Å². The molecule has 1 heterocycles. The van der Waals surface area contributed by atoms with E-state index in [2.05, 4.69) is 21.2 Å². The van der Waals surface area contributed by atoms with E-state index in [4.69, 9.17) is 5.73 Å². The molecule has 3 rings (SSSR count). The Balaban J connectivity index is 1.69. The third-order valence-electron chi connectivity index (χ3n) is 4.38. The highest BCUT2D eigenvalue weighted by Crippen LogP contribution is 2.30. The number of nitrogens with zero attached hydrogens (tertiary/aromatic N) is 1. The van der Waals surface area contributed by atoms with Crippen LogP contribution >= 0.6 is 15.9 Å². The zero-order chi connectivity index (χ0) is 18.8. The van der Waals surface area contributed by atoms with E-state index in [1.807, 2.05) is 25.1 Å². The molecule has 3 amide bonds. The van der Waals surface area contributed by atoms with Crippen LogP contribution in [0, 0.1) is 12.8 Å². The van der Waals surface area contributed by atoms with E-state index in [0.29, 0.717) is 17.8 Å². The fourth-order valence-corrected chi connectivity index (χ4v) is 3.48. The quantitative estimate of drug-likeness (QED) is 0.803. The molecule has 1 fully saturated rings. The molecule has 3 N–H and O–H groups in total. The van der Waals surface area contributed by atoms with Crippen molar-refractivity contribution < 1.29 is 14.4 Å². The van der Waals surface area contributed by atoms with Gasteiger partial charge in [-0.25, -0.2) is 0 Å². The maximum absolute atomic E-state index is 12.5. The highest BCUT2D eigenvalue weighted by Gasteiger charge is 2.35. The summed E-state index contributed by atoms with van der Waals surface area (Å²) in [5, 5.41) is 2.79. The summed E-state index contributed by atoms with van der Waals surface area (Å²) in [4.78, 5) is 37.6. The summed E-state index contributed by atoms with van der Waals surface area (Å²) in [5.74, 6) is -1.24. The topological polar surface area (TPSA) is 92.5 Å². The molecule has 0 aromatic heterocycles. The molecule has 134 valence electrons. The molecular weight excluding hydrogens is 398 g/mol. The zero-order valence-electron chi connectivity index (χ0n) is 14.2. The second-order valence-corrected chi connectivity index (χ2v) is 7.18. The molecule has 2 aromatic carbocycles. The number of hydrogen-bond acceptors (Lipinski definition) is 3. The molecule has 2 aromatic rings. The van der Waals surface area contributed by atoms with Crippen molar-refractivity contribution in [3.63, 3.8) is 0 Å². The van der Waals surface area contributed by atoms with Crippen LogP contribution in [0.3, 0.4) is 0 Å². The van der Waals surface area contributed by atoms with Gasteiger partial charge in [0.25, 0.3) is 0 Å². The molecule has 6 nitrogen and oxygen atoms in total. The molecule has 1 atom stereocenters. The predicted molar refractivity (Wildman–Crippen MR) is 103 cm³/mol. The van der Waals surface area contributed by atoms with Crippen molar-refractivity contribution in [2.24, 2.45) is 11.7 Å².